The number of hydrogen-bond donors (Lipinski definition) is 0. The Labute approximate surface area is 93.5 Å². The van der Waals surface area contributed by atoms with Crippen molar-refractivity contribution < 1.29 is 0 Å². The largest absolute Gasteiger partial charge is 0.358 e. The molecule has 0 saturated heterocycles. The van der Waals surface area contributed by atoms with E-state index in [0.29, 0.717) is 0 Å². The Morgan fingerprint density at radius 1 is 1.53 bits per heavy atom. The zero-order valence-corrected chi connectivity index (χ0v) is 9.52. The van der Waals surface area contributed by atoms with E-state index in [1.807, 2.05) is 37.2 Å². The average Bonchev–Trinajstić information content (AvgIpc) is 2.62. The first kappa shape index (κ1) is 10.2. The van der Waals surface area contributed by atoms with Crippen LogP contribution in [0.3, 0.4) is 0 Å². The molecule has 0 aliphatic rings. The summed E-state index contributed by atoms with van der Waals surface area (Å²) in [7, 11) is 1.98. The number of nitrogens with zero attached hydrogens (tertiary/aromatic N) is 4. The minimum absolute atomic E-state index is 0.109. The van der Waals surface area contributed by atoms with Crippen molar-refractivity contribution in [2.75, 3.05) is 18.5 Å². The quantitative estimate of drug-likeness (QED) is 0.746. The monoisotopic (exact) mass is 224 g/mol. The van der Waals surface area contributed by atoms with E-state index in [0.717, 1.165) is 18.0 Å². The number of fused-ring (bicyclic) bond motifs is 1. The van der Waals surface area contributed by atoms with E-state index in [2.05, 4.69) is 10.1 Å². The molecular formula is C10H13ClN4. The molecule has 0 aliphatic carbocycles. The number of rotatable bonds is 3. The van der Waals surface area contributed by atoms with E-state index in [1.54, 1.807) is 10.7 Å². The van der Waals surface area contributed by atoms with Crippen LogP contribution in [0.25, 0.3) is 5.65 Å². The van der Waals surface area contributed by atoms with Crippen LogP contribution in [0.1, 0.15) is 6.92 Å². The molecule has 0 bridgehead atoms. The minimum Gasteiger partial charge on any atom is -0.358 e. The van der Waals surface area contributed by atoms with Gasteiger partial charge in [-0.3, -0.25) is 0 Å². The van der Waals surface area contributed by atoms with Gasteiger partial charge in [0.15, 0.2) is 5.65 Å². The average molecular weight is 225 g/mol. The van der Waals surface area contributed by atoms with Crippen molar-refractivity contribution >= 4 is 23.1 Å². The molecule has 0 saturated carbocycles. The Morgan fingerprint density at radius 3 is 3.07 bits per heavy atom. The SMILES string of the molecule is CC(Cl)CN(C)c1ccn2nccc2n1. The van der Waals surface area contributed by atoms with Crippen molar-refractivity contribution in [2.24, 2.45) is 0 Å². The van der Waals surface area contributed by atoms with Gasteiger partial charge in [0, 0.05) is 31.2 Å². The van der Waals surface area contributed by atoms with Crippen molar-refractivity contribution in [2.45, 2.75) is 12.3 Å². The van der Waals surface area contributed by atoms with Crippen LogP contribution in [-0.4, -0.2) is 33.6 Å². The highest BCUT2D eigenvalue weighted by Crippen LogP contribution is 2.11. The summed E-state index contributed by atoms with van der Waals surface area (Å²) in [5, 5.41) is 4.20. The fourth-order valence-electron chi connectivity index (χ4n) is 1.49. The fraction of sp³-hybridized carbons (Fsp3) is 0.400. The van der Waals surface area contributed by atoms with Crippen LogP contribution < -0.4 is 4.90 Å². The Morgan fingerprint density at radius 2 is 2.33 bits per heavy atom. The van der Waals surface area contributed by atoms with Gasteiger partial charge in [0.2, 0.25) is 0 Å². The molecule has 0 aliphatic heterocycles. The first-order valence-corrected chi connectivity index (χ1v) is 5.26. The van der Waals surface area contributed by atoms with E-state index < -0.39 is 0 Å². The summed E-state index contributed by atoms with van der Waals surface area (Å²) < 4.78 is 1.74. The van der Waals surface area contributed by atoms with Crippen molar-refractivity contribution in [3.8, 4) is 0 Å². The van der Waals surface area contributed by atoms with Gasteiger partial charge in [-0.2, -0.15) is 5.10 Å². The van der Waals surface area contributed by atoms with E-state index >= 15 is 0 Å². The van der Waals surface area contributed by atoms with Crippen LogP contribution in [0.15, 0.2) is 24.5 Å². The van der Waals surface area contributed by atoms with Gasteiger partial charge in [0.25, 0.3) is 0 Å². The molecule has 2 rings (SSSR count). The second kappa shape index (κ2) is 4.06. The highest BCUT2D eigenvalue weighted by Gasteiger charge is 2.06. The highest BCUT2D eigenvalue weighted by atomic mass is 35.5. The maximum absolute atomic E-state index is 5.93. The van der Waals surface area contributed by atoms with Crippen LogP contribution in [-0.2, 0) is 0 Å². The molecule has 15 heavy (non-hydrogen) atoms. The Hall–Kier alpha value is -1.29. The third kappa shape index (κ3) is 2.21. The van der Waals surface area contributed by atoms with Crippen LogP contribution in [0.5, 0.6) is 0 Å². The molecule has 0 N–H and O–H groups in total. The van der Waals surface area contributed by atoms with Crippen LogP contribution in [0.4, 0.5) is 5.82 Å². The zero-order valence-electron chi connectivity index (χ0n) is 8.76. The molecule has 5 heteroatoms. The number of aromatic nitrogens is 3. The first-order chi connectivity index (χ1) is 7.16. The van der Waals surface area contributed by atoms with Crippen LogP contribution >= 0.6 is 11.6 Å². The Kier molecular flexibility index (Phi) is 2.77. The number of halogens is 1. The lowest BCUT2D eigenvalue weighted by Crippen LogP contribution is -2.25. The lowest BCUT2D eigenvalue weighted by Gasteiger charge is -2.19. The lowest BCUT2D eigenvalue weighted by atomic mass is 10.4. The van der Waals surface area contributed by atoms with Crippen LogP contribution in [0.2, 0.25) is 0 Å². The Bertz CT molecular complexity index is 451. The van der Waals surface area contributed by atoms with Gasteiger partial charge in [0.05, 0.1) is 6.20 Å². The standard InChI is InChI=1S/C10H13ClN4/c1-8(11)7-14(2)9-4-6-15-10(13-9)3-5-12-15/h3-6,8H,7H2,1-2H3. The third-order valence-electron chi connectivity index (χ3n) is 2.16. The molecule has 0 spiro atoms. The molecule has 0 radical (unpaired) electrons. The molecule has 2 heterocycles. The summed E-state index contributed by atoms with van der Waals surface area (Å²) in [6.07, 6.45) is 3.63. The van der Waals surface area contributed by atoms with Gasteiger partial charge >= 0.3 is 0 Å². The summed E-state index contributed by atoms with van der Waals surface area (Å²) in [6.45, 7) is 2.74. The topological polar surface area (TPSA) is 33.4 Å². The second-order valence-corrected chi connectivity index (χ2v) is 4.33. The van der Waals surface area contributed by atoms with Crippen LogP contribution in [0, 0.1) is 0 Å². The van der Waals surface area contributed by atoms with Gasteiger partial charge in [-0.1, -0.05) is 0 Å². The van der Waals surface area contributed by atoms with E-state index in [-0.39, 0.29) is 5.38 Å². The predicted molar refractivity (Wildman–Crippen MR) is 61.6 cm³/mol. The summed E-state index contributed by atoms with van der Waals surface area (Å²) in [6, 6.07) is 3.81. The normalized spacial score (nSPS) is 13.0. The van der Waals surface area contributed by atoms with Crippen molar-refractivity contribution in [3.05, 3.63) is 24.5 Å². The minimum atomic E-state index is 0.109. The molecular weight excluding hydrogens is 212 g/mol. The smallest absolute Gasteiger partial charge is 0.157 e. The number of alkyl halides is 1. The zero-order chi connectivity index (χ0) is 10.8. The molecule has 0 amide bonds. The molecule has 1 unspecified atom stereocenters. The summed E-state index contributed by atoms with van der Waals surface area (Å²) in [4.78, 5) is 6.49. The summed E-state index contributed by atoms with van der Waals surface area (Å²) >= 11 is 5.93. The Balaban J connectivity index is 2.27. The molecule has 1 atom stereocenters. The molecule has 4 nitrogen and oxygen atoms in total. The van der Waals surface area contributed by atoms with Gasteiger partial charge in [0.1, 0.15) is 5.82 Å². The van der Waals surface area contributed by atoms with Gasteiger partial charge in [-0.15, -0.1) is 11.6 Å². The van der Waals surface area contributed by atoms with Gasteiger partial charge in [-0.25, -0.2) is 9.50 Å². The predicted octanol–water partition coefficient (Wildman–Crippen LogP) is 1.79. The maximum Gasteiger partial charge on any atom is 0.157 e. The molecule has 80 valence electrons. The molecule has 2 aromatic rings. The fourth-order valence-corrected chi connectivity index (χ4v) is 1.69. The number of anilines is 1. The summed E-state index contributed by atoms with van der Waals surface area (Å²) in [5.74, 6) is 0.913. The van der Waals surface area contributed by atoms with E-state index in [1.165, 1.54) is 0 Å². The highest BCUT2D eigenvalue weighted by molar-refractivity contribution is 6.20. The van der Waals surface area contributed by atoms with E-state index in [9.17, 15) is 0 Å². The third-order valence-corrected chi connectivity index (χ3v) is 2.30. The van der Waals surface area contributed by atoms with Crippen molar-refractivity contribution in [3.63, 3.8) is 0 Å². The van der Waals surface area contributed by atoms with Gasteiger partial charge < -0.3 is 4.90 Å². The molecule has 2 aromatic heterocycles. The lowest BCUT2D eigenvalue weighted by molar-refractivity contribution is 0.837. The summed E-state index contributed by atoms with van der Waals surface area (Å²) in [5.41, 5.74) is 0.849. The maximum atomic E-state index is 5.93. The number of hydrogen-bond acceptors (Lipinski definition) is 3. The van der Waals surface area contributed by atoms with E-state index in [4.69, 9.17) is 11.6 Å². The second-order valence-electron chi connectivity index (χ2n) is 3.58. The first-order valence-electron chi connectivity index (χ1n) is 4.82. The van der Waals surface area contributed by atoms with Crippen molar-refractivity contribution in [1.82, 2.24) is 14.6 Å². The molecule has 0 aromatic carbocycles. The van der Waals surface area contributed by atoms with Gasteiger partial charge in [-0.05, 0) is 13.0 Å². The molecule has 0 fully saturated rings. The van der Waals surface area contributed by atoms with Crippen molar-refractivity contribution in [1.29, 1.82) is 0 Å².